The van der Waals surface area contributed by atoms with E-state index >= 15 is 0 Å². The molecule has 3 N–H and O–H groups in total. The zero-order valence-electron chi connectivity index (χ0n) is 15.2. The van der Waals surface area contributed by atoms with Gasteiger partial charge in [0.1, 0.15) is 24.9 Å². The summed E-state index contributed by atoms with van der Waals surface area (Å²) in [6.07, 6.45) is 0.536. The maximum absolute atomic E-state index is 10.4. The molecule has 3 aromatic heterocycles. The van der Waals surface area contributed by atoms with Crippen LogP contribution in [0.15, 0.2) is 49.1 Å². The molecule has 1 aliphatic rings. The lowest BCUT2D eigenvalue weighted by atomic mass is 10.1. The van der Waals surface area contributed by atoms with Crippen LogP contribution in [0.4, 0.5) is 0 Å². The number of fused-ring (bicyclic) bond motifs is 3. The third kappa shape index (κ3) is 2.93. The molecule has 4 heterocycles. The van der Waals surface area contributed by atoms with Crippen molar-refractivity contribution in [3.63, 3.8) is 0 Å². The van der Waals surface area contributed by atoms with Gasteiger partial charge in [0.05, 0.1) is 12.9 Å². The largest absolute Gasteiger partial charge is 0.471 e. The number of hydrogen-bond acceptors (Lipinski definition) is 8. The van der Waals surface area contributed by atoms with E-state index in [0.717, 1.165) is 5.56 Å². The molecule has 0 saturated carbocycles. The van der Waals surface area contributed by atoms with Gasteiger partial charge in [-0.3, -0.25) is 8.97 Å². The van der Waals surface area contributed by atoms with E-state index in [4.69, 9.17) is 9.47 Å². The third-order valence-electron chi connectivity index (χ3n) is 5.03. The van der Waals surface area contributed by atoms with Crippen LogP contribution in [-0.2, 0) is 11.3 Å². The summed E-state index contributed by atoms with van der Waals surface area (Å²) in [7, 11) is 0. The number of aromatic nitrogens is 5. The molecule has 1 fully saturated rings. The Hall–Kier alpha value is -3.05. The smallest absolute Gasteiger partial charge is 0.247 e. The van der Waals surface area contributed by atoms with Gasteiger partial charge in [0.2, 0.25) is 11.7 Å². The van der Waals surface area contributed by atoms with Crippen LogP contribution in [0.1, 0.15) is 11.8 Å². The van der Waals surface area contributed by atoms with Gasteiger partial charge in [0.15, 0.2) is 17.4 Å². The number of hydrogen-bond donors (Lipinski definition) is 3. The summed E-state index contributed by atoms with van der Waals surface area (Å²) >= 11 is 0. The number of nitrogens with zero attached hydrogens (tertiary/aromatic N) is 5. The van der Waals surface area contributed by atoms with Crippen molar-refractivity contribution in [2.75, 3.05) is 6.61 Å². The first kappa shape index (κ1) is 18.0. The van der Waals surface area contributed by atoms with Crippen molar-refractivity contribution >= 4 is 16.9 Å². The molecule has 1 saturated heterocycles. The second kappa shape index (κ2) is 7.08. The highest BCUT2D eigenvalue weighted by atomic mass is 16.6. The van der Waals surface area contributed by atoms with Crippen molar-refractivity contribution in [3.8, 4) is 5.88 Å². The lowest BCUT2D eigenvalue weighted by Crippen LogP contribution is -2.33. The van der Waals surface area contributed by atoms with Crippen LogP contribution in [0.5, 0.6) is 5.88 Å². The van der Waals surface area contributed by atoms with Crippen molar-refractivity contribution in [1.29, 1.82) is 0 Å². The number of aliphatic hydroxyl groups excluding tert-OH is 3. The van der Waals surface area contributed by atoms with E-state index in [9.17, 15) is 15.3 Å². The van der Waals surface area contributed by atoms with Crippen molar-refractivity contribution in [2.45, 2.75) is 31.1 Å². The van der Waals surface area contributed by atoms with E-state index in [1.165, 1.54) is 6.33 Å². The standard InChI is InChI=1S/C19H19N5O5/c25-8-12-14(26)15(27)18(29-12)24-10-21-13-16(28-9-11-4-2-1-3-5-11)22-19-20-6-7-23(19)17(13)24/h1-7,10,12,14-15,18,25-27H,8-9H2/t12-,14+,15?,18-/m0/s1. The summed E-state index contributed by atoms with van der Waals surface area (Å²) < 4.78 is 14.9. The third-order valence-corrected chi connectivity index (χ3v) is 5.03. The van der Waals surface area contributed by atoms with E-state index in [0.29, 0.717) is 29.4 Å². The normalized spacial score (nSPS) is 24.5. The molecule has 1 aromatic carbocycles. The Morgan fingerprint density at radius 1 is 1.10 bits per heavy atom. The van der Waals surface area contributed by atoms with Gasteiger partial charge in [0.25, 0.3) is 0 Å². The molecule has 4 aromatic rings. The Kier molecular flexibility index (Phi) is 4.40. The van der Waals surface area contributed by atoms with Gasteiger partial charge in [-0.1, -0.05) is 30.3 Å². The predicted octanol–water partition coefficient (Wildman–Crippen LogP) is 0.269. The average molecular weight is 397 g/mol. The van der Waals surface area contributed by atoms with Gasteiger partial charge in [-0.15, -0.1) is 0 Å². The fraction of sp³-hybridized carbons (Fsp3) is 0.316. The minimum absolute atomic E-state index is 0.299. The highest BCUT2D eigenvalue weighted by molar-refractivity contribution is 5.79. The number of benzene rings is 1. The van der Waals surface area contributed by atoms with Crippen molar-refractivity contribution in [3.05, 3.63) is 54.6 Å². The minimum atomic E-state index is -1.23. The molecule has 5 rings (SSSR count). The highest BCUT2D eigenvalue weighted by Gasteiger charge is 2.44. The summed E-state index contributed by atoms with van der Waals surface area (Å²) in [5.41, 5.74) is 1.99. The zero-order chi connectivity index (χ0) is 20.0. The number of aliphatic hydroxyl groups is 3. The average Bonchev–Trinajstić information content (AvgIpc) is 3.45. The molecule has 29 heavy (non-hydrogen) atoms. The zero-order valence-corrected chi connectivity index (χ0v) is 15.2. The first-order valence-corrected chi connectivity index (χ1v) is 9.16. The first-order chi connectivity index (χ1) is 14.2. The van der Waals surface area contributed by atoms with E-state index in [2.05, 4.69) is 15.0 Å². The Bertz CT molecular complexity index is 1140. The molecule has 1 aliphatic heterocycles. The summed E-state index contributed by atoms with van der Waals surface area (Å²) in [4.78, 5) is 13.1. The molecule has 0 aliphatic carbocycles. The Labute approximate surface area is 164 Å². The molecular weight excluding hydrogens is 378 g/mol. The number of ether oxygens (including phenoxy) is 2. The summed E-state index contributed by atoms with van der Waals surface area (Å²) in [5.74, 6) is 0.696. The highest BCUT2D eigenvalue weighted by Crippen LogP contribution is 2.33. The van der Waals surface area contributed by atoms with Crippen LogP contribution in [0.2, 0.25) is 0 Å². The van der Waals surface area contributed by atoms with E-state index in [-0.39, 0.29) is 0 Å². The lowest BCUT2D eigenvalue weighted by molar-refractivity contribution is -0.0511. The van der Waals surface area contributed by atoms with Gasteiger partial charge in [-0.05, 0) is 5.56 Å². The van der Waals surface area contributed by atoms with Gasteiger partial charge >= 0.3 is 0 Å². The van der Waals surface area contributed by atoms with Crippen LogP contribution in [-0.4, -0.2) is 64.2 Å². The van der Waals surface area contributed by atoms with Gasteiger partial charge in [-0.25, -0.2) is 9.97 Å². The molecule has 1 unspecified atom stereocenters. The molecule has 0 amide bonds. The second-order valence-corrected chi connectivity index (χ2v) is 6.84. The van der Waals surface area contributed by atoms with Crippen molar-refractivity contribution < 1.29 is 24.8 Å². The fourth-order valence-corrected chi connectivity index (χ4v) is 3.55. The molecule has 150 valence electrons. The Balaban J connectivity index is 1.58. The Morgan fingerprint density at radius 3 is 2.69 bits per heavy atom. The van der Waals surface area contributed by atoms with Crippen molar-refractivity contribution in [2.24, 2.45) is 0 Å². The van der Waals surface area contributed by atoms with Crippen LogP contribution < -0.4 is 4.74 Å². The van der Waals surface area contributed by atoms with E-state index in [1.54, 1.807) is 21.4 Å². The maximum Gasteiger partial charge on any atom is 0.247 e. The second-order valence-electron chi connectivity index (χ2n) is 6.84. The van der Waals surface area contributed by atoms with Gasteiger partial charge in [0, 0.05) is 12.4 Å². The SMILES string of the molecule is OC[C@@H]1O[C@H](n2cnc3c(OCc4ccccc4)nc4nccn4c32)C(O)[C@@H]1O. The lowest BCUT2D eigenvalue weighted by Gasteiger charge is -2.17. The quantitative estimate of drug-likeness (QED) is 0.438. The van der Waals surface area contributed by atoms with Gasteiger partial charge < -0.3 is 24.8 Å². The first-order valence-electron chi connectivity index (χ1n) is 9.16. The fourth-order valence-electron chi connectivity index (χ4n) is 3.55. The Morgan fingerprint density at radius 2 is 1.93 bits per heavy atom. The molecule has 10 nitrogen and oxygen atoms in total. The van der Waals surface area contributed by atoms with Crippen LogP contribution in [0.3, 0.4) is 0 Å². The predicted molar refractivity (Wildman–Crippen MR) is 100 cm³/mol. The van der Waals surface area contributed by atoms with E-state index < -0.39 is 31.1 Å². The topological polar surface area (TPSA) is 127 Å². The summed E-state index contributed by atoms with van der Waals surface area (Å²) in [6, 6.07) is 9.68. The molecule has 0 spiro atoms. The van der Waals surface area contributed by atoms with E-state index in [1.807, 2.05) is 30.3 Å². The summed E-state index contributed by atoms with van der Waals surface area (Å²) in [6.45, 7) is -0.102. The van der Waals surface area contributed by atoms with Crippen molar-refractivity contribution in [1.82, 2.24) is 23.9 Å². The minimum Gasteiger partial charge on any atom is -0.471 e. The van der Waals surface area contributed by atoms with Crippen LogP contribution in [0.25, 0.3) is 16.9 Å². The summed E-state index contributed by atoms with van der Waals surface area (Å²) in [5, 5.41) is 29.9. The maximum atomic E-state index is 10.4. The monoisotopic (exact) mass is 397 g/mol. The molecular formula is C19H19N5O5. The van der Waals surface area contributed by atoms with Crippen LogP contribution in [0, 0.1) is 0 Å². The molecule has 4 atom stereocenters. The molecule has 10 heteroatoms. The molecule has 0 bridgehead atoms. The van der Waals surface area contributed by atoms with Gasteiger partial charge in [-0.2, -0.15) is 4.98 Å². The molecule has 0 radical (unpaired) electrons. The van der Waals surface area contributed by atoms with Crippen LogP contribution >= 0.6 is 0 Å². The number of rotatable bonds is 5. The number of imidazole rings is 2.